The molecule has 0 saturated carbocycles. The minimum atomic E-state index is -3.77. The van der Waals surface area contributed by atoms with Gasteiger partial charge in [0, 0.05) is 37.6 Å². The minimum Gasteiger partial charge on any atom is -0.497 e. The van der Waals surface area contributed by atoms with Crippen molar-refractivity contribution in [3.8, 4) is 17.3 Å². The number of aromatic nitrogens is 3. The van der Waals surface area contributed by atoms with E-state index >= 15 is 0 Å². The molecule has 3 rings (SSSR count). The maximum atomic E-state index is 12.6. The van der Waals surface area contributed by atoms with Crippen LogP contribution in [0.25, 0.3) is 5.82 Å². The van der Waals surface area contributed by atoms with Crippen LogP contribution in [0.3, 0.4) is 0 Å². The third-order valence-corrected chi connectivity index (χ3v) is 5.39. The number of ether oxygens (including phenoxy) is 2. The lowest BCUT2D eigenvalue weighted by Gasteiger charge is -2.12. The lowest BCUT2D eigenvalue weighted by atomic mass is 10.3. The fraction of sp³-hybridized carbons (Fsp3) is 0.222. The van der Waals surface area contributed by atoms with E-state index in [0.29, 0.717) is 23.9 Å². The lowest BCUT2D eigenvalue weighted by Crippen LogP contribution is -2.29. The smallest absolute Gasteiger partial charge is 0.244 e. The van der Waals surface area contributed by atoms with Gasteiger partial charge in [0.15, 0.2) is 0 Å². The molecule has 0 bridgehead atoms. The normalized spacial score (nSPS) is 11.2. The second-order valence-corrected chi connectivity index (χ2v) is 7.43. The third kappa shape index (κ3) is 4.59. The molecule has 0 radical (unpaired) electrons. The van der Waals surface area contributed by atoms with Gasteiger partial charge >= 0.3 is 0 Å². The number of nitrogens with zero attached hydrogens (tertiary/aromatic N) is 3. The van der Waals surface area contributed by atoms with Crippen LogP contribution in [0.4, 0.5) is 5.82 Å². The SMILES string of the molecule is COc1ccc(OC)c(S(=O)(=O)NCCNc2cc(-n3cccc3)ncn2)c1. The molecule has 1 aromatic carbocycles. The van der Waals surface area contributed by atoms with E-state index in [9.17, 15) is 8.42 Å². The summed E-state index contributed by atoms with van der Waals surface area (Å²) in [5.74, 6) is 1.98. The molecule has 0 amide bonds. The number of hydrogen-bond donors (Lipinski definition) is 2. The van der Waals surface area contributed by atoms with Crippen molar-refractivity contribution >= 4 is 15.8 Å². The molecule has 0 unspecified atom stereocenters. The Labute approximate surface area is 163 Å². The average Bonchev–Trinajstić information content (AvgIpc) is 3.26. The Bertz CT molecular complexity index is 1020. The van der Waals surface area contributed by atoms with E-state index in [1.807, 2.05) is 29.1 Å². The Balaban J connectivity index is 1.61. The van der Waals surface area contributed by atoms with Gasteiger partial charge in [0.25, 0.3) is 0 Å². The molecular weight excluding hydrogens is 382 g/mol. The average molecular weight is 403 g/mol. The molecule has 9 nitrogen and oxygen atoms in total. The first-order valence-electron chi connectivity index (χ1n) is 8.44. The first-order chi connectivity index (χ1) is 13.5. The molecule has 0 spiro atoms. The summed E-state index contributed by atoms with van der Waals surface area (Å²) in [5, 5.41) is 3.07. The summed E-state index contributed by atoms with van der Waals surface area (Å²) in [6.07, 6.45) is 5.20. The number of methoxy groups -OCH3 is 2. The van der Waals surface area contributed by atoms with Crippen molar-refractivity contribution in [1.29, 1.82) is 0 Å². The second kappa shape index (κ2) is 8.72. The highest BCUT2D eigenvalue weighted by molar-refractivity contribution is 7.89. The van der Waals surface area contributed by atoms with Crippen LogP contribution < -0.4 is 19.5 Å². The molecule has 2 heterocycles. The lowest BCUT2D eigenvalue weighted by molar-refractivity contribution is 0.392. The molecule has 0 saturated heterocycles. The van der Waals surface area contributed by atoms with Crippen LogP contribution in [0.5, 0.6) is 11.5 Å². The summed E-state index contributed by atoms with van der Waals surface area (Å²) in [7, 11) is -0.878. The highest BCUT2D eigenvalue weighted by Crippen LogP contribution is 2.27. The van der Waals surface area contributed by atoms with Gasteiger partial charge in [0.05, 0.1) is 14.2 Å². The van der Waals surface area contributed by atoms with Crippen molar-refractivity contribution in [2.24, 2.45) is 0 Å². The van der Waals surface area contributed by atoms with Crippen LogP contribution in [0.15, 0.2) is 60.0 Å². The largest absolute Gasteiger partial charge is 0.497 e. The Hall–Kier alpha value is -3.11. The first kappa shape index (κ1) is 19.6. The molecule has 0 fully saturated rings. The number of benzene rings is 1. The molecule has 0 aliphatic rings. The van der Waals surface area contributed by atoms with Crippen LogP contribution in [-0.4, -0.2) is 50.3 Å². The van der Waals surface area contributed by atoms with Crippen LogP contribution >= 0.6 is 0 Å². The maximum absolute atomic E-state index is 12.6. The van der Waals surface area contributed by atoms with Gasteiger partial charge in [0.1, 0.15) is 34.4 Å². The Morgan fingerprint density at radius 2 is 1.82 bits per heavy atom. The topological polar surface area (TPSA) is 107 Å². The zero-order valence-electron chi connectivity index (χ0n) is 15.5. The Morgan fingerprint density at radius 1 is 1.04 bits per heavy atom. The summed E-state index contributed by atoms with van der Waals surface area (Å²) in [6, 6.07) is 10.2. The van der Waals surface area contributed by atoms with Crippen LogP contribution in [-0.2, 0) is 10.0 Å². The van der Waals surface area contributed by atoms with Crippen molar-refractivity contribution in [2.45, 2.75) is 4.90 Å². The number of hydrogen-bond acceptors (Lipinski definition) is 7. The number of sulfonamides is 1. The van der Waals surface area contributed by atoms with Crippen molar-refractivity contribution in [3.05, 3.63) is 55.1 Å². The van der Waals surface area contributed by atoms with E-state index in [1.165, 1.54) is 26.6 Å². The molecule has 2 aromatic heterocycles. The van der Waals surface area contributed by atoms with E-state index in [1.54, 1.807) is 18.2 Å². The van der Waals surface area contributed by atoms with Crippen molar-refractivity contribution in [3.63, 3.8) is 0 Å². The summed E-state index contributed by atoms with van der Waals surface area (Å²) < 4.78 is 39.8. The number of anilines is 1. The molecule has 3 aromatic rings. The van der Waals surface area contributed by atoms with Crippen molar-refractivity contribution < 1.29 is 17.9 Å². The van der Waals surface area contributed by atoms with Gasteiger partial charge in [-0.1, -0.05) is 0 Å². The quantitative estimate of drug-likeness (QED) is 0.523. The van der Waals surface area contributed by atoms with Gasteiger partial charge in [0.2, 0.25) is 10.0 Å². The number of rotatable bonds is 9. The van der Waals surface area contributed by atoms with Crippen LogP contribution in [0, 0.1) is 0 Å². The summed E-state index contributed by atoms with van der Waals surface area (Å²) in [6.45, 7) is 0.499. The van der Waals surface area contributed by atoms with E-state index in [-0.39, 0.29) is 17.2 Å². The van der Waals surface area contributed by atoms with Gasteiger partial charge in [-0.3, -0.25) is 0 Å². The van der Waals surface area contributed by atoms with Gasteiger partial charge < -0.3 is 19.4 Å². The predicted molar refractivity (Wildman–Crippen MR) is 105 cm³/mol. The highest BCUT2D eigenvalue weighted by Gasteiger charge is 2.20. The van der Waals surface area contributed by atoms with E-state index in [0.717, 1.165) is 0 Å². The summed E-state index contributed by atoms with van der Waals surface area (Å²) in [5.41, 5.74) is 0. The van der Waals surface area contributed by atoms with E-state index < -0.39 is 10.0 Å². The Morgan fingerprint density at radius 3 is 2.54 bits per heavy atom. The van der Waals surface area contributed by atoms with E-state index in [2.05, 4.69) is 20.0 Å². The minimum absolute atomic E-state index is 0.0197. The van der Waals surface area contributed by atoms with Gasteiger partial charge in [-0.15, -0.1) is 0 Å². The predicted octanol–water partition coefficient (Wildman–Crippen LogP) is 1.67. The zero-order valence-corrected chi connectivity index (χ0v) is 16.3. The van der Waals surface area contributed by atoms with Crippen LogP contribution in [0.1, 0.15) is 0 Å². The molecule has 10 heteroatoms. The molecule has 0 aliphatic heterocycles. The van der Waals surface area contributed by atoms with Crippen LogP contribution in [0.2, 0.25) is 0 Å². The fourth-order valence-electron chi connectivity index (χ4n) is 2.52. The number of nitrogens with one attached hydrogen (secondary N) is 2. The summed E-state index contributed by atoms with van der Waals surface area (Å²) in [4.78, 5) is 8.36. The van der Waals surface area contributed by atoms with Crippen molar-refractivity contribution in [1.82, 2.24) is 19.3 Å². The van der Waals surface area contributed by atoms with E-state index in [4.69, 9.17) is 9.47 Å². The molecule has 2 N–H and O–H groups in total. The molecule has 0 atom stereocenters. The molecule has 0 aliphatic carbocycles. The molecular formula is C18H21N5O4S. The highest BCUT2D eigenvalue weighted by atomic mass is 32.2. The Kier molecular flexibility index (Phi) is 6.12. The monoisotopic (exact) mass is 403 g/mol. The zero-order chi connectivity index (χ0) is 20.0. The summed E-state index contributed by atoms with van der Waals surface area (Å²) >= 11 is 0. The second-order valence-electron chi connectivity index (χ2n) is 5.69. The van der Waals surface area contributed by atoms with Crippen molar-refractivity contribution in [2.75, 3.05) is 32.6 Å². The third-order valence-electron chi connectivity index (χ3n) is 3.91. The van der Waals surface area contributed by atoms with Gasteiger partial charge in [-0.2, -0.15) is 0 Å². The van der Waals surface area contributed by atoms with Gasteiger partial charge in [-0.05, 0) is 24.3 Å². The first-order valence-corrected chi connectivity index (χ1v) is 9.93. The fourth-order valence-corrected chi connectivity index (χ4v) is 3.73. The molecule has 28 heavy (non-hydrogen) atoms. The molecule has 148 valence electrons. The maximum Gasteiger partial charge on any atom is 0.244 e. The van der Waals surface area contributed by atoms with Gasteiger partial charge in [-0.25, -0.2) is 23.1 Å². The standard InChI is InChI=1S/C18H21N5O4S/c1-26-14-5-6-15(27-2)16(11-14)28(24,25)22-8-7-19-17-12-18(21-13-20-17)23-9-3-4-10-23/h3-6,9-13,22H,7-8H2,1-2H3,(H,19,20,21).